The number of hydrogen-bond acceptors (Lipinski definition) is 3. The molecular weight excluding hydrogens is 250 g/mol. The van der Waals surface area contributed by atoms with Gasteiger partial charge in [0.2, 0.25) is 0 Å². The van der Waals surface area contributed by atoms with Crippen LogP contribution in [0.5, 0.6) is 0 Å². The molecule has 0 aliphatic rings. The Bertz CT molecular complexity index is 599. The lowest BCUT2D eigenvalue weighted by atomic mass is 10.2. The van der Waals surface area contributed by atoms with Gasteiger partial charge in [-0.25, -0.2) is 0 Å². The van der Waals surface area contributed by atoms with Gasteiger partial charge < -0.3 is 11.1 Å². The highest BCUT2D eigenvalue weighted by Gasteiger charge is 2.08. The van der Waals surface area contributed by atoms with Crippen LogP contribution in [0, 0.1) is 6.92 Å². The average Bonchev–Trinajstić information content (AvgIpc) is 2.34. The lowest BCUT2D eigenvalue weighted by molar-refractivity contribution is 0.102. The summed E-state index contributed by atoms with van der Waals surface area (Å²) in [7, 11) is 0. The summed E-state index contributed by atoms with van der Waals surface area (Å²) in [6.07, 6.45) is 1.59. The van der Waals surface area contributed by atoms with Crippen molar-refractivity contribution in [3.63, 3.8) is 0 Å². The monoisotopic (exact) mass is 261 g/mol. The summed E-state index contributed by atoms with van der Waals surface area (Å²) in [5, 5.41) is 3.24. The standard InChI is InChI=1S/C13H12ClN3O/c1-8-6-9(4-5-16-8)13(18)17-12-7-10(14)2-3-11(12)15/h2-7H,15H2,1H3,(H,17,18). The predicted molar refractivity (Wildman–Crippen MR) is 72.8 cm³/mol. The molecule has 0 fully saturated rings. The Morgan fingerprint density at radius 2 is 2.11 bits per heavy atom. The van der Waals surface area contributed by atoms with Crippen LogP contribution in [-0.4, -0.2) is 10.9 Å². The number of aryl methyl sites for hydroxylation is 1. The molecule has 2 rings (SSSR count). The third-order valence-corrected chi connectivity index (χ3v) is 2.66. The van der Waals surface area contributed by atoms with E-state index >= 15 is 0 Å². The minimum Gasteiger partial charge on any atom is -0.397 e. The van der Waals surface area contributed by atoms with E-state index in [-0.39, 0.29) is 5.91 Å². The van der Waals surface area contributed by atoms with Crippen molar-refractivity contribution in [2.45, 2.75) is 6.92 Å². The Morgan fingerprint density at radius 1 is 1.33 bits per heavy atom. The molecule has 0 saturated carbocycles. The highest BCUT2D eigenvalue weighted by Crippen LogP contribution is 2.23. The van der Waals surface area contributed by atoms with Crippen molar-refractivity contribution in [3.8, 4) is 0 Å². The first-order valence-corrected chi connectivity index (χ1v) is 5.73. The number of benzene rings is 1. The molecule has 0 bridgehead atoms. The van der Waals surface area contributed by atoms with E-state index in [1.165, 1.54) is 0 Å². The molecule has 18 heavy (non-hydrogen) atoms. The first kappa shape index (κ1) is 12.4. The fourth-order valence-electron chi connectivity index (χ4n) is 1.52. The molecule has 0 aliphatic carbocycles. The molecule has 0 radical (unpaired) electrons. The number of pyridine rings is 1. The van der Waals surface area contributed by atoms with Crippen molar-refractivity contribution in [2.75, 3.05) is 11.1 Å². The lowest BCUT2D eigenvalue weighted by Crippen LogP contribution is -2.13. The van der Waals surface area contributed by atoms with E-state index in [1.807, 2.05) is 6.92 Å². The number of hydrogen-bond donors (Lipinski definition) is 2. The Kier molecular flexibility index (Phi) is 3.48. The zero-order valence-corrected chi connectivity index (χ0v) is 10.5. The van der Waals surface area contributed by atoms with Crippen LogP contribution in [0.1, 0.15) is 16.1 Å². The summed E-state index contributed by atoms with van der Waals surface area (Å²) in [6.45, 7) is 1.82. The number of carbonyl (C=O) groups is 1. The topological polar surface area (TPSA) is 68.0 Å². The van der Waals surface area contributed by atoms with Gasteiger partial charge in [-0.1, -0.05) is 11.6 Å². The molecule has 3 N–H and O–H groups in total. The first-order valence-electron chi connectivity index (χ1n) is 5.35. The van der Waals surface area contributed by atoms with Gasteiger partial charge in [0.1, 0.15) is 0 Å². The Morgan fingerprint density at radius 3 is 2.83 bits per heavy atom. The smallest absolute Gasteiger partial charge is 0.255 e. The van der Waals surface area contributed by atoms with E-state index in [0.717, 1.165) is 5.69 Å². The SMILES string of the molecule is Cc1cc(C(=O)Nc2cc(Cl)ccc2N)ccn1. The summed E-state index contributed by atoms with van der Waals surface area (Å²) in [5.41, 5.74) is 8.04. The van der Waals surface area contributed by atoms with E-state index in [0.29, 0.717) is 22.0 Å². The normalized spacial score (nSPS) is 10.1. The summed E-state index contributed by atoms with van der Waals surface area (Å²) in [5.74, 6) is -0.241. The number of nitrogens with one attached hydrogen (secondary N) is 1. The molecule has 1 aromatic heterocycles. The number of nitrogens with two attached hydrogens (primary N) is 1. The van der Waals surface area contributed by atoms with Gasteiger partial charge in [-0.2, -0.15) is 0 Å². The van der Waals surface area contributed by atoms with Gasteiger partial charge in [0.15, 0.2) is 0 Å². The highest BCUT2D eigenvalue weighted by atomic mass is 35.5. The summed E-state index contributed by atoms with van der Waals surface area (Å²) >= 11 is 5.85. The number of halogens is 1. The van der Waals surface area contributed by atoms with Crippen molar-refractivity contribution in [3.05, 3.63) is 52.8 Å². The Balaban J connectivity index is 2.24. The van der Waals surface area contributed by atoms with E-state index in [9.17, 15) is 4.79 Å². The summed E-state index contributed by atoms with van der Waals surface area (Å²) in [6, 6.07) is 8.28. The second-order valence-corrected chi connectivity index (χ2v) is 4.31. The van der Waals surface area contributed by atoms with E-state index in [4.69, 9.17) is 17.3 Å². The van der Waals surface area contributed by atoms with Gasteiger partial charge >= 0.3 is 0 Å². The largest absolute Gasteiger partial charge is 0.397 e. The van der Waals surface area contributed by atoms with Crippen LogP contribution in [0.2, 0.25) is 5.02 Å². The average molecular weight is 262 g/mol. The molecule has 0 aliphatic heterocycles. The summed E-state index contributed by atoms with van der Waals surface area (Å²) in [4.78, 5) is 16.0. The zero-order chi connectivity index (χ0) is 13.1. The number of anilines is 2. The van der Waals surface area contributed by atoms with Crippen molar-refractivity contribution in [2.24, 2.45) is 0 Å². The maximum absolute atomic E-state index is 12.0. The van der Waals surface area contributed by atoms with E-state index in [1.54, 1.807) is 36.5 Å². The van der Waals surface area contributed by atoms with E-state index < -0.39 is 0 Å². The fourth-order valence-corrected chi connectivity index (χ4v) is 1.69. The van der Waals surface area contributed by atoms with Crippen LogP contribution in [0.25, 0.3) is 0 Å². The highest BCUT2D eigenvalue weighted by molar-refractivity contribution is 6.31. The van der Waals surface area contributed by atoms with Crippen LogP contribution in [0.3, 0.4) is 0 Å². The quantitative estimate of drug-likeness (QED) is 0.817. The zero-order valence-electron chi connectivity index (χ0n) is 9.77. The van der Waals surface area contributed by atoms with Gasteiger partial charge in [0.25, 0.3) is 5.91 Å². The molecule has 1 heterocycles. The van der Waals surface area contributed by atoms with Crippen molar-refractivity contribution < 1.29 is 4.79 Å². The van der Waals surface area contributed by atoms with Crippen molar-refractivity contribution in [1.29, 1.82) is 0 Å². The molecule has 0 saturated heterocycles. The van der Waals surface area contributed by atoms with Gasteiger partial charge in [0, 0.05) is 22.5 Å². The minimum atomic E-state index is -0.241. The molecule has 0 unspecified atom stereocenters. The molecule has 1 aromatic carbocycles. The molecule has 92 valence electrons. The first-order chi connectivity index (χ1) is 8.56. The Hall–Kier alpha value is -2.07. The van der Waals surface area contributed by atoms with Gasteiger partial charge in [0.05, 0.1) is 11.4 Å². The maximum Gasteiger partial charge on any atom is 0.255 e. The number of carbonyl (C=O) groups excluding carboxylic acids is 1. The van der Waals surface area contributed by atoms with Gasteiger partial charge in [-0.3, -0.25) is 9.78 Å². The van der Waals surface area contributed by atoms with Crippen LogP contribution in [0.15, 0.2) is 36.5 Å². The third-order valence-electron chi connectivity index (χ3n) is 2.42. The number of nitrogen functional groups attached to an aromatic ring is 1. The van der Waals surface area contributed by atoms with Crippen LogP contribution in [0.4, 0.5) is 11.4 Å². The van der Waals surface area contributed by atoms with Crippen molar-refractivity contribution in [1.82, 2.24) is 4.98 Å². The predicted octanol–water partition coefficient (Wildman–Crippen LogP) is 2.88. The fraction of sp³-hybridized carbons (Fsp3) is 0.0769. The molecule has 0 atom stereocenters. The second kappa shape index (κ2) is 5.06. The van der Waals surface area contributed by atoms with Crippen LogP contribution >= 0.6 is 11.6 Å². The molecular formula is C13H12ClN3O. The van der Waals surface area contributed by atoms with Crippen LogP contribution in [-0.2, 0) is 0 Å². The maximum atomic E-state index is 12.0. The van der Waals surface area contributed by atoms with Crippen molar-refractivity contribution >= 4 is 28.9 Å². The number of aromatic nitrogens is 1. The second-order valence-electron chi connectivity index (χ2n) is 3.87. The molecule has 4 nitrogen and oxygen atoms in total. The Labute approximate surface area is 110 Å². The van der Waals surface area contributed by atoms with Gasteiger partial charge in [-0.15, -0.1) is 0 Å². The number of amides is 1. The molecule has 1 amide bonds. The summed E-state index contributed by atoms with van der Waals surface area (Å²) < 4.78 is 0. The third kappa shape index (κ3) is 2.78. The minimum absolute atomic E-state index is 0.241. The number of nitrogens with zero attached hydrogens (tertiary/aromatic N) is 1. The molecule has 0 spiro atoms. The molecule has 2 aromatic rings. The lowest BCUT2D eigenvalue weighted by Gasteiger charge is -2.08. The van der Waals surface area contributed by atoms with Gasteiger partial charge in [-0.05, 0) is 37.3 Å². The van der Waals surface area contributed by atoms with E-state index in [2.05, 4.69) is 10.3 Å². The number of rotatable bonds is 2. The molecule has 5 heteroatoms. The van der Waals surface area contributed by atoms with Crippen LogP contribution < -0.4 is 11.1 Å².